The summed E-state index contributed by atoms with van der Waals surface area (Å²) in [6.45, 7) is 3.09. The molecule has 1 aliphatic heterocycles. The maximum Gasteiger partial charge on any atom is 0.472 e. The van der Waals surface area contributed by atoms with Crippen LogP contribution in [0.5, 0.6) is 0 Å². The highest BCUT2D eigenvalue weighted by atomic mass is 32.2. The van der Waals surface area contributed by atoms with Crippen LogP contribution in [0.1, 0.15) is 27.7 Å². The lowest BCUT2D eigenvalue weighted by atomic mass is 9.95. The van der Waals surface area contributed by atoms with Crippen LogP contribution >= 0.6 is 7.82 Å². The lowest BCUT2D eigenvalue weighted by Crippen LogP contribution is -2.67. The molecule has 5 atom stereocenters. The number of nitrogens with one attached hydrogen (secondary N) is 1. The van der Waals surface area contributed by atoms with Crippen molar-refractivity contribution in [3.8, 4) is 0 Å². The third kappa shape index (κ3) is 8.11. The van der Waals surface area contributed by atoms with Crippen LogP contribution < -0.4 is 10.2 Å². The molecule has 3 N–H and O–H groups in total. The van der Waals surface area contributed by atoms with E-state index in [1.165, 1.54) is 12.1 Å². The van der Waals surface area contributed by atoms with Gasteiger partial charge in [-0.05, 0) is 12.1 Å². The number of fused-ring (bicyclic) bond motifs is 1. The van der Waals surface area contributed by atoms with Crippen molar-refractivity contribution in [2.24, 2.45) is 0 Å². The van der Waals surface area contributed by atoms with Gasteiger partial charge in [-0.2, -0.15) is 0 Å². The molecular formula is C26H34N3O13PS. The molecule has 3 rings (SSSR count). The first-order valence-electron chi connectivity index (χ1n) is 13.1. The zero-order valence-corrected chi connectivity index (χ0v) is 26.4. The molecule has 0 aromatic heterocycles. The van der Waals surface area contributed by atoms with Crippen molar-refractivity contribution in [2.75, 3.05) is 25.5 Å². The van der Waals surface area contributed by atoms with E-state index in [4.69, 9.17) is 18.7 Å². The maximum absolute atomic E-state index is 14.1. The van der Waals surface area contributed by atoms with Crippen LogP contribution in [0.4, 0.5) is 5.69 Å². The summed E-state index contributed by atoms with van der Waals surface area (Å²) in [6.07, 6.45) is -7.16. The summed E-state index contributed by atoms with van der Waals surface area (Å²) in [4.78, 5) is 69.7. The summed E-state index contributed by atoms with van der Waals surface area (Å²) in [5.41, 5.74) is 0.699. The highest BCUT2D eigenvalue weighted by Crippen LogP contribution is 2.42. The van der Waals surface area contributed by atoms with Crippen molar-refractivity contribution in [1.82, 2.24) is 9.62 Å². The summed E-state index contributed by atoms with van der Waals surface area (Å²) in [5, 5.41) is 3.15. The van der Waals surface area contributed by atoms with Gasteiger partial charge in [-0.25, -0.2) is 17.3 Å². The smallest absolute Gasteiger partial charge is 0.456 e. The van der Waals surface area contributed by atoms with E-state index in [0.717, 1.165) is 27.7 Å². The van der Waals surface area contributed by atoms with Gasteiger partial charge in [0.25, 0.3) is 10.0 Å². The van der Waals surface area contributed by atoms with Gasteiger partial charge < -0.3 is 34.2 Å². The second-order valence-electron chi connectivity index (χ2n) is 10.1. The number of anilines is 1. The lowest BCUT2D eigenvalue weighted by Gasteiger charge is -2.45. The Bertz CT molecular complexity index is 1590. The third-order valence-electron chi connectivity index (χ3n) is 6.47. The Morgan fingerprint density at radius 3 is 2.02 bits per heavy atom. The van der Waals surface area contributed by atoms with E-state index in [1.807, 2.05) is 0 Å². The zero-order valence-electron chi connectivity index (χ0n) is 24.7. The number of amides is 2. The fourth-order valence-electron chi connectivity index (χ4n) is 4.89. The number of esters is 2. The summed E-state index contributed by atoms with van der Waals surface area (Å²) in [6, 6.07) is 7.84. The Kier molecular flexibility index (Phi) is 10.8. The maximum atomic E-state index is 14.1. The van der Waals surface area contributed by atoms with Crippen molar-refractivity contribution in [2.45, 2.75) is 63.2 Å². The first kappa shape index (κ1) is 34.9. The van der Waals surface area contributed by atoms with Gasteiger partial charge in [0, 0.05) is 58.3 Å². The van der Waals surface area contributed by atoms with Gasteiger partial charge in [-0.3, -0.25) is 23.7 Å². The van der Waals surface area contributed by atoms with E-state index in [1.54, 1.807) is 43.3 Å². The molecule has 0 aliphatic carbocycles. The van der Waals surface area contributed by atoms with Crippen molar-refractivity contribution < 1.29 is 60.7 Å². The molecule has 0 radical (unpaired) electrons. The fourth-order valence-corrected chi connectivity index (χ4v) is 6.96. The van der Waals surface area contributed by atoms with E-state index in [9.17, 15) is 41.9 Å². The number of benzene rings is 2. The topological polar surface area (TPSA) is 215 Å². The summed E-state index contributed by atoms with van der Waals surface area (Å²) in [7, 11) is -6.47. The Balaban J connectivity index is 2.17. The van der Waals surface area contributed by atoms with Gasteiger partial charge in [0.05, 0.1) is 11.4 Å². The SMILES string of the molecule is CC(=O)N[C@H]1[C@@H](OP(=O)(O)O)O[C@H](CN(C(C)=O)S(=O)(=O)c2cccc3c(N(C)C)cccc23)[C@@H](OC(C)=O)[C@@H]1OC(C)=O. The Labute approximate surface area is 253 Å². The number of phosphoric ester groups is 1. The van der Waals surface area contributed by atoms with E-state index in [-0.39, 0.29) is 10.3 Å². The average molecular weight is 660 g/mol. The standard InChI is InChI=1S/C26H34N3O13PS/c1-14(30)27-23-25(40-17(4)33)24(39-16(3)32)21(41-26(23)42-43(34,35)36)13-29(15(2)31)44(37,38)22-12-8-9-18-19(22)10-7-11-20(18)28(5)6/h7-12,21,23-26H,13H2,1-6H3,(H,27,30)(H2,34,35,36)/t21-,23-,24-,25-,26-/m1/s1. The van der Waals surface area contributed by atoms with Gasteiger partial charge in [-0.15, -0.1) is 0 Å². The Hall–Kier alpha value is -3.60. The normalized spacial score (nSPS) is 22.1. The predicted octanol–water partition coefficient (Wildman–Crippen LogP) is 0.645. The molecule has 2 aromatic rings. The van der Waals surface area contributed by atoms with Gasteiger partial charge in [0.1, 0.15) is 12.1 Å². The van der Waals surface area contributed by atoms with Crippen LogP contribution in [-0.4, -0.2) is 97.5 Å². The van der Waals surface area contributed by atoms with E-state index in [2.05, 4.69) is 5.32 Å². The minimum absolute atomic E-state index is 0.246. The van der Waals surface area contributed by atoms with Gasteiger partial charge in [0.15, 0.2) is 18.5 Å². The molecule has 242 valence electrons. The first-order chi connectivity index (χ1) is 20.3. The Morgan fingerprint density at radius 1 is 0.932 bits per heavy atom. The van der Waals surface area contributed by atoms with Crippen LogP contribution in [0, 0.1) is 0 Å². The number of carbonyl (C=O) groups excluding carboxylic acids is 4. The van der Waals surface area contributed by atoms with Crippen LogP contribution in [0.15, 0.2) is 41.3 Å². The number of hydrogen-bond acceptors (Lipinski definition) is 12. The fraction of sp³-hybridized carbons (Fsp3) is 0.462. The number of nitrogens with zero attached hydrogens (tertiary/aromatic N) is 2. The van der Waals surface area contributed by atoms with Gasteiger partial charge >= 0.3 is 19.8 Å². The molecule has 16 nitrogen and oxygen atoms in total. The Morgan fingerprint density at radius 2 is 1.50 bits per heavy atom. The molecule has 1 saturated heterocycles. The molecule has 44 heavy (non-hydrogen) atoms. The number of carbonyl (C=O) groups is 4. The molecule has 1 aliphatic rings. The number of sulfonamides is 1. The average Bonchev–Trinajstić information content (AvgIpc) is 2.88. The van der Waals surface area contributed by atoms with Gasteiger partial charge in [0.2, 0.25) is 11.8 Å². The van der Waals surface area contributed by atoms with Crippen molar-refractivity contribution >= 4 is 58.1 Å². The molecule has 0 bridgehead atoms. The van der Waals surface area contributed by atoms with Crippen LogP contribution in [0.25, 0.3) is 10.8 Å². The zero-order chi connectivity index (χ0) is 33.1. The van der Waals surface area contributed by atoms with E-state index in [0.29, 0.717) is 15.4 Å². The number of ether oxygens (including phenoxy) is 3. The minimum atomic E-state index is -5.35. The number of phosphoric acid groups is 1. The van der Waals surface area contributed by atoms with Crippen LogP contribution in [-0.2, 0) is 52.5 Å². The second kappa shape index (κ2) is 13.6. The predicted molar refractivity (Wildman–Crippen MR) is 153 cm³/mol. The molecule has 0 saturated carbocycles. The van der Waals surface area contributed by atoms with Crippen molar-refractivity contribution in [3.63, 3.8) is 0 Å². The molecule has 2 amide bonds. The molecular weight excluding hydrogens is 625 g/mol. The van der Waals surface area contributed by atoms with Crippen molar-refractivity contribution in [1.29, 1.82) is 0 Å². The summed E-state index contributed by atoms with van der Waals surface area (Å²) < 4.78 is 61.5. The van der Waals surface area contributed by atoms with Crippen LogP contribution in [0.3, 0.4) is 0 Å². The highest BCUT2D eigenvalue weighted by molar-refractivity contribution is 7.90. The minimum Gasteiger partial charge on any atom is -0.456 e. The lowest BCUT2D eigenvalue weighted by molar-refractivity contribution is -0.253. The largest absolute Gasteiger partial charge is 0.472 e. The quantitative estimate of drug-likeness (QED) is 0.236. The summed E-state index contributed by atoms with van der Waals surface area (Å²) >= 11 is 0. The van der Waals surface area contributed by atoms with E-state index >= 15 is 0 Å². The molecule has 1 heterocycles. The molecule has 1 fully saturated rings. The van der Waals surface area contributed by atoms with E-state index < -0.39 is 78.8 Å². The first-order valence-corrected chi connectivity index (χ1v) is 16.0. The van der Waals surface area contributed by atoms with Crippen LogP contribution in [0.2, 0.25) is 0 Å². The molecule has 2 aromatic carbocycles. The highest BCUT2D eigenvalue weighted by Gasteiger charge is 2.53. The summed E-state index contributed by atoms with van der Waals surface area (Å²) in [5.74, 6) is -3.66. The molecule has 0 unspecified atom stereocenters. The van der Waals surface area contributed by atoms with Crippen molar-refractivity contribution in [3.05, 3.63) is 36.4 Å². The number of hydrogen-bond donors (Lipinski definition) is 3. The monoisotopic (exact) mass is 659 g/mol. The number of rotatable bonds is 10. The third-order valence-corrected chi connectivity index (χ3v) is 8.85. The molecule has 0 spiro atoms. The second-order valence-corrected chi connectivity index (χ2v) is 13.1. The molecule has 18 heteroatoms. The van der Waals surface area contributed by atoms with Gasteiger partial charge in [-0.1, -0.05) is 24.3 Å².